The molecule has 4 aromatic rings. The number of hydrogen-bond acceptors (Lipinski definition) is 6. The number of thiophene rings is 1. The third kappa shape index (κ3) is 4.21. The fourth-order valence-electron chi connectivity index (χ4n) is 2.65. The van der Waals surface area contributed by atoms with Crippen LogP contribution in [0.2, 0.25) is 0 Å². The summed E-state index contributed by atoms with van der Waals surface area (Å²) in [4.78, 5) is 29.2. The molecule has 0 atom stereocenters. The fourth-order valence-corrected chi connectivity index (χ4v) is 3.34. The van der Waals surface area contributed by atoms with Crippen LogP contribution in [0.15, 0.2) is 71.4 Å². The fraction of sp³-hybridized carbons (Fsp3) is 0.105. The maximum absolute atomic E-state index is 12.3. The zero-order valence-electron chi connectivity index (χ0n) is 14.7. The van der Waals surface area contributed by atoms with Gasteiger partial charge in [-0.1, -0.05) is 18.2 Å². The molecule has 0 saturated heterocycles. The van der Waals surface area contributed by atoms with Crippen molar-refractivity contribution >= 4 is 22.9 Å². The van der Waals surface area contributed by atoms with Crippen LogP contribution in [0.1, 0.15) is 5.56 Å². The Labute approximate surface area is 164 Å². The SMILES string of the molecule is O=C(Cn1nc(-c2cccs2)ccc1=O)Nc1ccc(Cn2cncn2)cc1. The van der Waals surface area contributed by atoms with Gasteiger partial charge in [-0.25, -0.2) is 14.3 Å². The zero-order chi connectivity index (χ0) is 19.3. The van der Waals surface area contributed by atoms with Crippen LogP contribution < -0.4 is 10.9 Å². The maximum atomic E-state index is 12.3. The van der Waals surface area contributed by atoms with Crippen molar-refractivity contribution in [2.75, 3.05) is 5.32 Å². The van der Waals surface area contributed by atoms with Gasteiger partial charge in [-0.3, -0.25) is 9.59 Å². The lowest BCUT2D eigenvalue weighted by atomic mass is 10.2. The van der Waals surface area contributed by atoms with Gasteiger partial charge >= 0.3 is 0 Å². The van der Waals surface area contributed by atoms with Gasteiger partial charge in [0.2, 0.25) is 5.91 Å². The van der Waals surface area contributed by atoms with Gasteiger partial charge in [-0.2, -0.15) is 10.2 Å². The van der Waals surface area contributed by atoms with E-state index in [0.29, 0.717) is 17.9 Å². The minimum Gasteiger partial charge on any atom is -0.324 e. The molecule has 0 saturated carbocycles. The Balaban J connectivity index is 1.42. The van der Waals surface area contributed by atoms with Gasteiger partial charge < -0.3 is 5.32 Å². The van der Waals surface area contributed by atoms with Gasteiger partial charge in [0.25, 0.3) is 5.56 Å². The second-order valence-corrected chi connectivity index (χ2v) is 6.98. The molecule has 28 heavy (non-hydrogen) atoms. The van der Waals surface area contributed by atoms with Crippen LogP contribution in [0.3, 0.4) is 0 Å². The summed E-state index contributed by atoms with van der Waals surface area (Å²) >= 11 is 1.53. The molecule has 0 spiro atoms. The van der Waals surface area contributed by atoms with Crippen LogP contribution in [0.4, 0.5) is 5.69 Å². The Morgan fingerprint density at radius 1 is 1.11 bits per heavy atom. The van der Waals surface area contributed by atoms with Crippen molar-refractivity contribution < 1.29 is 4.79 Å². The number of hydrogen-bond donors (Lipinski definition) is 1. The first-order chi connectivity index (χ1) is 13.7. The molecular weight excluding hydrogens is 376 g/mol. The Morgan fingerprint density at radius 3 is 2.68 bits per heavy atom. The molecule has 0 radical (unpaired) electrons. The molecule has 0 aliphatic carbocycles. The lowest BCUT2D eigenvalue weighted by Crippen LogP contribution is -2.29. The third-order valence-electron chi connectivity index (χ3n) is 3.98. The van der Waals surface area contributed by atoms with Crippen LogP contribution in [0, 0.1) is 0 Å². The van der Waals surface area contributed by atoms with Gasteiger partial charge in [0.15, 0.2) is 0 Å². The smallest absolute Gasteiger partial charge is 0.267 e. The summed E-state index contributed by atoms with van der Waals surface area (Å²) in [6, 6.07) is 14.3. The number of benzene rings is 1. The summed E-state index contributed by atoms with van der Waals surface area (Å²) in [6.07, 6.45) is 3.13. The van der Waals surface area contributed by atoms with Crippen molar-refractivity contribution in [1.82, 2.24) is 24.5 Å². The molecule has 0 aliphatic rings. The molecule has 0 fully saturated rings. The van der Waals surface area contributed by atoms with Crippen LogP contribution in [-0.4, -0.2) is 30.5 Å². The highest BCUT2D eigenvalue weighted by Gasteiger charge is 2.09. The van der Waals surface area contributed by atoms with E-state index in [-0.39, 0.29) is 18.0 Å². The normalized spacial score (nSPS) is 10.7. The zero-order valence-corrected chi connectivity index (χ0v) is 15.5. The van der Waals surface area contributed by atoms with Gasteiger partial charge in [-0.15, -0.1) is 11.3 Å². The Kier molecular flexibility index (Phi) is 5.07. The van der Waals surface area contributed by atoms with Crippen molar-refractivity contribution in [3.05, 3.63) is 82.5 Å². The number of rotatable bonds is 6. The van der Waals surface area contributed by atoms with Crippen LogP contribution >= 0.6 is 11.3 Å². The van der Waals surface area contributed by atoms with Crippen molar-refractivity contribution in [3.8, 4) is 10.6 Å². The number of carbonyl (C=O) groups excluding carboxylic acids is 1. The summed E-state index contributed by atoms with van der Waals surface area (Å²) in [6.45, 7) is 0.446. The first-order valence-corrected chi connectivity index (χ1v) is 9.38. The molecule has 0 unspecified atom stereocenters. The van der Waals surface area contributed by atoms with Crippen LogP contribution in [0.25, 0.3) is 10.6 Å². The van der Waals surface area contributed by atoms with Crippen LogP contribution in [0.5, 0.6) is 0 Å². The molecule has 4 rings (SSSR count). The molecule has 3 aromatic heterocycles. The lowest BCUT2D eigenvalue weighted by molar-refractivity contribution is -0.117. The standard InChI is InChI=1S/C19H16N6O2S/c26-18(11-25-19(27)8-7-16(23-25)17-2-1-9-28-17)22-15-5-3-14(4-6-15)10-24-13-20-12-21-24/h1-9,12-13H,10-11H2,(H,22,26). The van der Waals surface area contributed by atoms with Gasteiger partial charge in [0, 0.05) is 11.8 Å². The molecule has 140 valence electrons. The van der Waals surface area contributed by atoms with E-state index in [9.17, 15) is 9.59 Å². The van der Waals surface area contributed by atoms with E-state index in [4.69, 9.17) is 0 Å². The van der Waals surface area contributed by atoms with E-state index in [1.54, 1.807) is 17.1 Å². The van der Waals surface area contributed by atoms with E-state index in [2.05, 4.69) is 20.5 Å². The minimum atomic E-state index is -0.321. The number of anilines is 1. The van der Waals surface area contributed by atoms with Crippen molar-refractivity contribution in [1.29, 1.82) is 0 Å². The van der Waals surface area contributed by atoms with E-state index in [1.807, 2.05) is 41.8 Å². The molecule has 1 aromatic carbocycles. The maximum Gasteiger partial charge on any atom is 0.267 e. The second-order valence-electron chi connectivity index (χ2n) is 6.03. The predicted molar refractivity (Wildman–Crippen MR) is 106 cm³/mol. The number of nitrogens with one attached hydrogen (secondary N) is 1. The van der Waals surface area contributed by atoms with Crippen LogP contribution in [-0.2, 0) is 17.9 Å². The molecule has 1 N–H and O–H groups in total. The number of amides is 1. The molecule has 9 heteroatoms. The largest absolute Gasteiger partial charge is 0.324 e. The highest BCUT2D eigenvalue weighted by molar-refractivity contribution is 7.13. The molecule has 1 amide bonds. The first kappa shape index (κ1) is 17.8. The second kappa shape index (κ2) is 7.97. The molecular formula is C19H16N6O2S. The first-order valence-electron chi connectivity index (χ1n) is 8.51. The van der Waals surface area contributed by atoms with Crippen molar-refractivity contribution in [2.45, 2.75) is 13.1 Å². The molecule has 3 heterocycles. The number of carbonyl (C=O) groups is 1. The number of aromatic nitrogens is 5. The van der Waals surface area contributed by atoms with E-state index < -0.39 is 0 Å². The Morgan fingerprint density at radius 2 is 1.96 bits per heavy atom. The highest BCUT2D eigenvalue weighted by atomic mass is 32.1. The van der Waals surface area contributed by atoms with E-state index in [0.717, 1.165) is 10.4 Å². The summed E-state index contributed by atoms with van der Waals surface area (Å²) in [5.74, 6) is -0.318. The number of nitrogens with zero attached hydrogens (tertiary/aromatic N) is 5. The molecule has 0 bridgehead atoms. The molecule has 8 nitrogen and oxygen atoms in total. The van der Waals surface area contributed by atoms with Gasteiger partial charge in [0.1, 0.15) is 24.9 Å². The summed E-state index contributed by atoms with van der Waals surface area (Å²) in [5, 5.41) is 13.1. The quantitative estimate of drug-likeness (QED) is 0.543. The predicted octanol–water partition coefficient (Wildman–Crippen LogP) is 2.25. The Bertz CT molecular complexity index is 1120. The summed E-state index contributed by atoms with van der Waals surface area (Å²) in [7, 11) is 0. The van der Waals surface area contributed by atoms with E-state index in [1.165, 1.54) is 28.4 Å². The summed E-state index contributed by atoms with van der Waals surface area (Å²) in [5.41, 5.74) is 2.03. The van der Waals surface area contributed by atoms with Crippen molar-refractivity contribution in [3.63, 3.8) is 0 Å². The van der Waals surface area contributed by atoms with Gasteiger partial charge in [0.05, 0.1) is 11.4 Å². The average molecular weight is 392 g/mol. The highest BCUT2D eigenvalue weighted by Crippen LogP contribution is 2.21. The minimum absolute atomic E-state index is 0.154. The third-order valence-corrected chi connectivity index (χ3v) is 4.87. The average Bonchev–Trinajstić information content (AvgIpc) is 3.39. The van der Waals surface area contributed by atoms with Gasteiger partial charge in [-0.05, 0) is 35.2 Å². The van der Waals surface area contributed by atoms with E-state index >= 15 is 0 Å². The topological polar surface area (TPSA) is 94.7 Å². The van der Waals surface area contributed by atoms with Crippen molar-refractivity contribution in [2.24, 2.45) is 0 Å². The Hall–Kier alpha value is -3.59. The molecule has 0 aliphatic heterocycles. The summed E-state index contributed by atoms with van der Waals surface area (Å²) < 4.78 is 2.88. The monoisotopic (exact) mass is 392 g/mol. The lowest BCUT2D eigenvalue weighted by Gasteiger charge is -2.08.